The zero-order chi connectivity index (χ0) is 18.7. The number of esters is 2. The lowest BCUT2D eigenvalue weighted by molar-refractivity contribution is 0.0549. The maximum Gasteiger partial charge on any atom is 0.357 e. The van der Waals surface area contributed by atoms with E-state index in [-0.39, 0.29) is 22.7 Å². The second-order valence-electron chi connectivity index (χ2n) is 5.35. The van der Waals surface area contributed by atoms with E-state index >= 15 is 0 Å². The lowest BCUT2D eigenvalue weighted by atomic mass is 10.1. The first-order chi connectivity index (χ1) is 12.6. The van der Waals surface area contributed by atoms with Gasteiger partial charge in [0.15, 0.2) is 5.69 Å². The number of phenols is 1. The van der Waals surface area contributed by atoms with Crippen LogP contribution in [0.3, 0.4) is 0 Å². The van der Waals surface area contributed by atoms with Gasteiger partial charge in [0.05, 0.1) is 19.9 Å². The van der Waals surface area contributed by atoms with Crippen molar-refractivity contribution in [3.8, 4) is 22.7 Å². The van der Waals surface area contributed by atoms with E-state index in [1.807, 2.05) is 6.07 Å². The molecule has 1 N–H and O–H groups in total. The summed E-state index contributed by atoms with van der Waals surface area (Å²) in [6, 6.07) is 15.1. The highest BCUT2D eigenvalue weighted by Crippen LogP contribution is 2.30. The van der Waals surface area contributed by atoms with Crippen LogP contribution in [0.4, 0.5) is 0 Å². The molecule has 0 bridgehead atoms. The number of aromatic hydroxyl groups is 1. The van der Waals surface area contributed by atoms with Crippen LogP contribution in [0.2, 0.25) is 0 Å². The maximum atomic E-state index is 12.4. The predicted molar refractivity (Wildman–Crippen MR) is 93.3 cm³/mol. The summed E-state index contributed by atoms with van der Waals surface area (Å²) >= 11 is 0. The third-order valence-corrected chi connectivity index (χ3v) is 3.77. The normalized spacial score (nSPS) is 10.4. The van der Waals surface area contributed by atoms with Gasteiger partial charge in [-0.25, -0.2) is 14.3 Å². The molecule has 0 atom stereocenters. The summed E-state index contributed by atoms with van der Waals surface area (Å²) in [6.07, 6.45) is 0. The van der Waals surface area contributed by atoms with Crippen molar-refractivity contribution in [2.45, 2.75) is 0 Å². The molecule has 3 aromatic rings. The largest absolute Gasteiger partial charge is 0.508 e. The molecule has 0 saturated carbocycles. The van der Waals surface area contributed by atoms with Gasteiger partial charge >= 0.3 is 11.9 Å². The highest BCUT2D eigenvalue weighted by atomic mass is 16.5. The molecule has 1 aromatic heterocycles. The number of benzene rings is 2. The van der Waals surface area contributed by atoms with E-state index in [0.717, 1.165) is 0 Å². The molecule has 7 nitrogen and oxygen atoms in total. The molecule has 0 amide bonds. The topological polar surface area (TPSA) is 90.6 Å². The monoisotopic (exact) mass is 352 g/mol. The van der Waals surface area contributed by atoms with Gasteiger partial charge in [-0.05, 0) is 24.3 Å². The molecule has 26 heavy (non-hydrogen) atoms. The summed E-state index contributed by atoms with van der Waals surface area (Å²) < 4.78 is 11.0. The molecule has 0 spiro atoms. The van der Waals surface area contributed by atoms with Gasteiger partial charge in [-0.2, -0.15) is 5.10 Å². The van der Waals surface area contributed by atoms with E-state index in [1.54, 1.807) is 36.4 Å². The minimum atomic E-state index is -0.731. The molecule has 2 aromatic carbocycles. The fourth-order valence-electron chi connectivity index (χ4n) is 2.61. The van der Waals surface area contributed by atoms with Crippen molar-refractivity contribution in [3.05, 3.63) is 65.9 Å². The molecular formula is C19H16N2O5. The summed E-state index contributed by atoms with van der Waals surface area (Å²) in [5.41, 5.74) is 1.16. The van der Waals surface area contributed by atoms with E-state index < -0.39 is 11.9 Å². The van der Waals surface area contributed by atoms with E-state index in [9.17, 15) is 14.7 Å². The van der Waals surface area contributed by atoms with Gasteiger partial charge < -0.3 is 14.6 Å². The lowest BCUT2D eigenvalue weighted by Gasteiger charge is -2.07. The predicted octanol–water partition coefficient (Wildman–Crippen LogP) is 2.82. The number of para-hydroxylation sites is 1. The summed E-state index contributed by atoms with van der Waals surface area (Å²) in [7, 11) is 2.44. The highest BCUT2D eigenvalue weighted by Gasteiger charge is 2.31. The summed E-state index contributed by atoms with van der Waals surface area (Å²) in [5, 5.41) is 14.2. The second kappa shape index (κ2) is 7.10. The van der Waals surface area contributed by atoms with Crippen LogP contribution in [0.25, 0.3) is 16.9 Å². The zero-order valence-electron chi connectivity index (χ0n) is 14.2. The average Bonchev–Trinajstić information content (AvgIpc) is 3.08. The van der Waals surface area contributed by atoms with Crippen LogP contribution in [-0.4, -0.2) is 41.0 Å². The van der Waals surface area contributed by atoms with Crippen LogP contribution in [0.15, 0.2) is 54.6 Å². The molecule has 132 valence electrons. The van der Waals surface area contributed by atoms with Crippen LogP contribution in [0.1, 0.15) is 20.8 Å². The van der Waals surface area contributed by atoms with Crippen LogP contribution < -0.4 is 0 Å². The molecular weight excluding hydrogens is 336 g/mol. The number of hydrogen-bond acceptors (Lipinski definition) is 6. The van der Waals surface area contributed by atoms with Gasteiger partial charge in [-0.15, -0.1) is 0 Å². The van der Waals surface area contributed by atoms with Crippen molar-refractivity contribution in [1.82, 2.24) is 9.78 Å². The van der Waals surface area contributed by atoms with Crippen LogP contribution in [0, 0.1) is 0 Å². The first-order valence-electron chi connectivity index (χ1n) is 7.71. The molecule has 0 aliphatic rings. The van der Waals surface area contributed by atoms with Gasteiger partial charge in [-0.3, -0.25) is 0 Å². The van der Waals surface area contributed by atoms with Crippen LogP contribution in [-0.2, 0) is 9.47 Å². The summed E-state index contributed by atoms with van der Waals surface area (Å²) in [5.74, 6) is -1.45. The van der Waals surface area contributed by atoms with Crippen molar-refractivity contribution < 1.29 is 24.2 Å². The van der Waals surface area contributed by atoms with Crippen molar-refractivity contribution in [1.29, 1.82) is 0 Å². The van der Waals surface area contributed by atoms with Gasteiger partial charge in [0.2, 0.25) is 0 Å². The number of carbonyl (C=O) groups is 2. The minimum absolute atomic E-state index is 0.00666. The Hall–Kier alpha value is -3.61. The Morgan fingerprint density at radius 2 is 1.65 bits per heavy atom. The quantitative estimate of drug-likeness (QED) is 0.726. The Kier molecular flexibility index (Phi) is 4.70. The fourth-order valence-corrected chi connectivity index (χ4v) is 2.61. The number of rotatable bonds is 4. The number of phenolic OH excluding ortho intramolecular Hbond substituents is 1. The Balaban J connectivity index is 2.36. The van der Waals surface area contributed by atoms with E-state index in [2.05, 4.69) is 5.10 Å². The second-order valence-corrected chi connectivity index (χ2v) is 5.35. The first-order valence-corrected chi connectivity index (χ1v) is 7.71. The fraction of sp³-hybridized carbons (Fsp3) is 0.105. The van der Waals surface area contributed by atoms with E-state index in [0.29, 0.717) is 11.3 Å². The van der Waals surface area contributed by atoms with Crippen molar-refractivity contribution in [3.63, 3.8) is 0 Å². The number of ether oxygens (including phenoxy) is 2. The Morgan fingerprint density at radius 3 is 2.27 bits per heavy atom. The zero-order valence-corrected chi connectivity index (χ0v) is 14.2. The standard InChI is InChI=1S/C19H16N2O5/c1-25-18(23)15-16(12-7-6-10-14(22)11-12)20-21(17(15)19(24)26-2)13-8-4-3-5-9-13/h3-11,22H,1-2H3. The molecule has 0 saturated heterocycles. The number of methoxy groups -OCH3 is 2. The Morgan fingerprint density at radius 1 is 0.962 bits per heavy atom. The number of carbonyl (C=O) groups excluding carboxylic acids is 2. The summed E-state index contributed by atoms with van der Waals surface area (Å²) in [4.78, 5) is 24.9. The van der Waals surface area contributed by atoms with Gasteiger partial charge in [0, 0.05) is 5.56 Å². The third kappa shape index (κ3) is 3.02. The minimum Gasteiger partial charge on any atom is -0.508 e. The molecule has 0 aliphatic heterocycles. The molecule has 1 heterocycles. The van der Waals surface area contributed by atoms with Crippen LogP contribution >= 0.6 is 0 Å². The Labute approximate surface area is 149 Å². The average molecular weight is 352 g/mol. The highest BCUT2D eigenvalue weighted by molar-refractivity contribution is 6.06. The molecule has 0 radical (unpaired) electrons. The maximum absolute atomic E-state index is 12.4. The van der Waals surface area contributed by atoms with Gasteiger partial charge in [-0.1, -0.05) is 30.3 Å². The molecule has 3 rings (SSSR count). The summed E-state index contributed by atoms with van der Waals surface area (Å²) in [6.45, 7) is 0. The number of nitrogens with zero attached hydrogens (tertiary/aromatic N) is 2. The lowest BCUT2D eigenvalue weighted by Crippen LogP contribution is -2.15. The van der Waals surface area contributed by atoms with Crippen molar-refractivity contribution in [2.75, 3.05) is 14.2 Å². The number of aromatic nitrogens is 2. The molecule has 0 fully saturated rings. The van der Waals surface area contributed by atoms with E-state index in [4.69, 9.17) is 9.47 Å². The smallest absolute Gasteiger partial charge is 0.357 e. The van der Waals surface area contributed by atoms with Gasteiger partial charge in [0.1, 0.15) is 17.0 Å². The Bertz CT molecular complexity index is 963. The van der Waals surface area contributed by atoms with Gasteiger partial charge in [0.25, 0.3) is 0 Å². The molecule has 0 unspecified atom stereocenters. The van der Waals surface area contributed by atoms with Crippen LogP contribution in [0.5, 0.6) is 5.75 Å². The number of hydrogen-bond donors (Lipinski definition) is 1. The van der Waals surface area contributed by atoms with Crippen molar-refractivity contribution >= 4 is 11.9 Å². The van der Waals surface area contributed by atoms with E-state index in [1.165, 1.54) is 31.0 Å². The van der Waals surface area contributed by atoms with Crippen molar-refractivity contribution in [2.24, 2.45) is 0 Å². The SMILES string of the molecule is COC(=O)c1c(-c2cccc(O)c2)nn(-c2ccccc2)c1C(=O)OC. The first kappa shape index (κ1) is 17.2. The molecule has 0 aliphatic carbocycles. The molecule has 7 heteroatoms. The third-order valence-electron chi connectivity index (χ3n) is 3.77.